The first-order valence-electron chi connectivity index (χ1n) is 5.88. The molecule has 1 aromatic carbocycles. The molecule has 1 aromatic rings. The molecule has 0 radical (unpaired) electrons. The van der Waals surface area contributed by atoms with Crippen LogP contribution in [-0.4, -0.2) is 19.1 Å². The molecule has 9 heteroatoms. The van der Waals surface area contributed by atoms with Gasteiger partial charge in [-0.1, -0.05) is 6.07 Å². The quantitative estimate of drug-likeness (QED) is 0.567. The number of rotatable bonds is 6. The van der Waals surface area contributed by atoms with Gasteiger partial charge < -0.3 is 10.1 Å². The Morgan fingerprint density at radius 2 is 1.76 bits per heavy atom. The van der Waals surface area contributed by atoms with Gasteiger partial charge in [0.25, 0.3) is 0 Å². The normalized spacial score (nSPS) is 12.5. The molecule has 2 nitrogen and oxygen atoms in total. The summed E-state index contributed by atoms with van der Waals surface area (Å²) < 4.78 is 75.8. The van der Waals surface area contributed by atoms with Gasteiger partial charge in [0, 0.05) is 13.0 Å². The maximum absolute atomic E-state index is 12.1. The van der Waals surface area contributed by atoms with E-state index in [2.05, 4.69) is 26.0 Å². The number of benzene rings is 1. The van der Waals surface area contributed by atoms with Crippen molar-refractivity contribution >= 4 is 15.9 Å². The lowest BCUT2D eigenvalue weighted by Crippen LogP contribution is -2.18. The second-order valence-electron chi connectivity index (χ2n) is 4.21. The van der Waals surface area contributed by atoms with E-state index in [-0.39, 0.29) is 29.7 Å². The Balaban J connectivity index is 2.42. The summed E-state index contributed by atoms with van der Waals surface area (Å²) in [6, 6.07) is 3.96. The van der Waals surface area contributed by atoms with Crippen molar-refractivity contribution in [3.63, 3.8) is 0 Å². The summed E-state index contributed by atoms with van der Waals surface area (Å²) in [7, 11) is 0. The third kappa shape index (κ3) is 8.15. The zero-order valence-corrected chi connectivity index (χ0v) is 12.2. The average molecular weight is 380 g/mol. The average Bonchev–Trinajstić information content (AvgIpc) is 2.29. The molecule has 0 saturated heterocycles. The van der Waals surface area contributed by atoms with Gasteiger partial charge in [0.15, 0.2) is 0 Å². The van der Waals surface area contributed by atoms with Crippen LogP contribution >= 0.6 is 15.9 Å². The minimum Gasteiger partial charge on any atom is -0.405 e. The number of alkyl halides is 6. The summed E-state index contributed by atoms with van der Waals surface area (Å²) in [5.41, 5.74) is 0.628. The topological polar surface area (TPSA) is 21.3 Å². The van der Waals surface area contributed by atoms with E-state index in [0.29, 0.717) is 5.56 Å². The SMILES string of the molecule is FC(F)(F)CCCNCc1ccc(OC(F)(F)F)c(Br)c1. The second kappa shape index (κ2) is 7.35. The van der Waals surface area contributed by atoms with Gasteiger partial charge in [-0.2, -0.15) is 13.2 Å². The molecule has 0 spiro atoms. The smallest absolute Gasteiger partial charge is 0.405 e. The largest absolute Gasteiger partial charge is 0.573 e. The fraction of sp³-hybridized carbons (Fsp3) is 0.500. The molecule has 0 atom stereocenters. The van der Waals surface area contributed by atoms with E-state index in [4.69, 9.17) is 0 Å². The van der Waals surface area contributed by atoms with Crippen LogP contribution in [0.5, 0.6) is 5.75 Å². The highest BCUT2D eigenvalue weighted by molar-refractivity contribution is 9.10. The molecular formula is C12H12BrF6NO. The highest BCUT2D eigenvalue weighted by Gasteiger charge is 2.31. The molecule has 0 bridgehead atoms. The lowest BCUT2D eigenvalue weighted by Gasteiger charge is -2.12. The molecule has 0 unspecified atom stereocenters. The van der Waals surface area contributed by atoms with Gasteiger partial charge in [0.05, 0.1) is 4.47 Å². The third-order valence-electron chi connectivity index (χ3n) is 2.36. The molecule has 0 amide bonds. The second-order valence-corrected chi connectivity index (χ2v) is 5.06. The Hall–Kier alpha value is -0.960. The Bertz CT molecular complexity index is 460. The first-order valence-corrected chi connectivity index (χ1v) is 6.68. The van der Waals surface area contributed by atoms with Gasteiger partial charge in [0.2, 0.25) is 0 Å². The lowest BCUT2D eigenvalue weighted by molar-refractivity contribution is -0.274. The molecule has 0 fully saturated rings. The first kappa shape index (κ1) is 18.1. The number of halogens is 7. The van der Waals surface area contributed by atoms with E-state index in [0.717, 1.165) is 6.07 Å². The fourth-order valence-corrected chi connectivity index (χ4v) is 2.02. The van der Waals surface area contributed by atoms with E-state index >= 15 is 0 Å². The Morgan fingerprint density at radius 1 is 1.10 bits per heavy atom. The van der Waals surface area contributed by atoms with Crippen LogP contribution in [0.1, 0.15) is 18.4 Å². The summed E-state index contributed by atoms with van der Waals surface area (Å²) in [5, 5.41) is 2.79. The summed E-state index contributed by atoms with van der Waals surface area (Å²) in [4.78, 5) is 0. The Labute approximate surface area is 125 Å². The molecule has 0 aromatic heterocycles. The summed E-state index contributed by atoms with van der Waals surface area (Å²) in [6.07, 6.45) is -9.89. The molecular weight excluding hydrogens is 368 g/mol. The van der Waals surface area contributed by atoms with Crippen molar-refractivity contribution in [2.45, 2.75) is 31.9 Å². The van der Waals surface area contributed by atoms with Crippen molar-refractivity contribution in [1.82, 2.24) is 5.32 Å². The van der Waals surface area contributed by atoms with Crippen molar-refractivity contribution in [2.24, 2.45) is 0 Å². The Morgan fingerprint density at radius 3 is 2.29 bits per heavy atom. The Kier molecular flexibility index (Phi) is 6.33. The summed E-state index contributed by atoms with van der Waals surface area (Å²) in [6.45, 7) is 0.417. The zero-order valence-electron chi connectivity index (χ0n) is 10.6. The zero-order chi connectivity index (χ0) is 16.1. The first-order chi connectivity index (χ1) is 9.57. The van der Waals surface area contributed by atoms with Crippen LogP contribution in [0.4, 0.5) is 26.3 Å². The standard InChI is InChI=1S/C12H12BrF6NO/c13-9-6-8(2-3-10(9)21-12(17,18)19)7-20-5-1-4-11(14,15)16/h2-3,6,20H,1,4-5,7H2. The highest BCUT2D eigenvalue weighted by Crippen LogP contribution is 2.31. The van der Waals surface area contributed by atoms with E-state index in [1.807, 2.05) is 0 Å². The van der Waals surface area contributed by atoms with Crippen molar-refractivity contribution < 1.29 is 31.1 Å². The van der Waals surface area contributed by atoms with Gasteiger partial charge in [-0.3, -0.25) is 0 Å². The highest BCUT2D eigenvalue weighted by atomic mass is 79.9. The van der Waals surface area contributed by atoms with Crippen LogP contribution in [0, 0.1) is 0 Å². The molecule has 0 aliphatic rings. The van der Waals surface area contributed by atoms with Crippen LogP contribution in [0.3, 0.4) is 0 Å². The maximum atomic E-state index is 12.1. The van der Waals surface area contributed by atoms with Gasteiger partial charge in [-0.05, 0) is 46.6 Å². The summed E-state index contributed by atoms with van der Waals surface area (Å²) >= 11 is 2.95. The maximum Gasteiger partial charge on any atom is 0.573 e. The van der Waals surface area contributed by atoms with E-state index < -0.39 is 19.0 Å². The summed E-state index contributed by atoms with van der Waals surface area (Å²) in [5.74, 6) is -0.372. The minimum absolute atomic E-state index is 0.0556. The predicted molar refractivity (Wildman–Crippen MR) is 67.8 cm³/mol. The number of nitrogens with one attached hydrogen (secondary N) is 1. The molecule has 1 rings (SSSR count). The fourth-order valence-electron chi connectivity index (χ4n) is 1.51. The van der Waals surface area contributed by atoms with Crippen LogP contribution in [0.2, 0.25) is 0 Å². The van der Waals surface area contributed by atoms with Crippen molar-refractivity contribution in [2.75, 3.05) is 6.54 Å². The van der Waals surface area contributed by atoms with E-state index in [1.54, 1.807) is 0 Å². The molecule has 0 aliphatic heterocycles. The van der Waals surface area contributed by atoms with Gasteiger partial charge >= 0.3 is 12.5 Å². The van der Waals surface area contributed by atoms with Crippen LogP contribution in [0.15, 0.2) is 22.7 Å². The van der Waals surface area contributed by atoms with Gasteiger partial charge in [-0.25, -0.2) is 0 Å². The molecule has 21 heavy (non-hydrogen) atoms. The van der Waals surface area contributed by atoms with Crippen molar-refractivity contribution in [1.29, 1.82) is 0 Å². The van der Waals surface area contributed by atoms with Crippen LogP contribution in [0.25, 0.3) is 0 Å². The van der Waals surface area contributed by atoms with Crippen molar-refractivity contribution in [3.8, 4) is 5.75 Å². The molecule has 0 heterocycles. The molecule has 1 N–H and O–H groups in total. The van der Waals surface area contributed by atoms with Gasteiger partial charge in [-0.15, -0.1) is 13.2 Å². The van der Waals surface area contributed by atoms with Crippen LogP contribution < -0.4 is 10.1 Å². The number of hydrogen-bond acceptors (Lipinski definition) is 2. The molecule has 0 aliphatic carbocycles. The third-order valence-corrected chi connectivity index (χ3v) is 2.98. The number of ether oxygens (including phenoxy) is 1. The minimum atomic E-state index is -4.78. The monoisotopic (exact) mass is 379 g/mol. The number of hydrogen-bond donors (Lipinski definition) is 1. The molecule has 120 valence electrons. The lowest BCUT2D eigenvalue weighted by atomic mass is 10.2. The molecule has 0 saturated carbocycles. The van der Waals surface area contributed by atoms with E-state index in [1.165, 1.54) is 12.1 Å². The predicted octanol–water partition coefficient (Wildman–Crippen LogP) is 4.78. The van der Waals surface area contributed by atoms with Crippen LogP contribution in [-0.2, 0) is 6.54 Å². The van der Waals surface area contributed by atoms with Crippen molar-refractivity contribution in [3.05, 3.63) is 28.2 Å². The van der Waals surface area contributed by atoms with Gasteiger partial charge in [0.1, 0.15) is 5.75 Å². The van der Waals surface area contributed by atoms with E-state index in [9.17, 15) is 26.3 Å².